The van der Waals surface area contributed by atoms with Crippen molar-refractivity contribution < 1.29 is 4.39 Å². The molecule has 0 aliphatic heterocycles. The maximum Gasteiger partial charge on any atom is 0.140 e. The first-order chi connectivity index (χ1) is 15.1. The molecular weight excluding hydrogens is 403 g/mol. The molecule has 0 spiro atoms. The lowest BCUT2D eigenvalue weighted by Crippen LogP contribution is -1.93. The first-order valence-corrected chi connectivity index (χ1v) is 11.7. The van der Waals surface area contributed by atoms with Gasteiger partial charge in [-0.3, -0.25) is 0 Å². The van der Waals surface area contributed by atoms with Gasteiger partial charge in [0.25, 0.3) is 0 Å². The predicted octanol–water partition coefficient (Wildman–Crippen LogP) is 8.18. The van der Waals surface area contributed by atoms with Crippen LogP contribution in [0.1, 0.15) is 66.8 Å². The van der Waals surface area contributed by atoms with E-state index in [9.17, 15) is 4.39 Å². The maximum absolute atomic E-state index is 13.8. The molecule has 3 rings (SSSR count). The Balaban J connectivity index is 1.47. The van der Waals surface area contributed by atoms with E-state index in [1.807, 2.05) is 12.1 Å². The lowest BCUT2D eigenvalue weighted by Gasteiger charge is -2.05. The van der Waals surface area contributed by atoms with E-state index in [0.717, 1.165) is 18.4 Å². The van der Waals surface area contributed by atoms with Crippen LogP contribution in [-0.4, -0.2) is 0 Å². The second-order valence-electron chi connectivity index (χ2n) is 8.05. The average Bonchev–Trinajstić information content (AvgIpc) is 2.78. The Morgan fingerprint density at radius 3 is 1.87 bits per heavy atom. The molecule has 0 heterocycles. The van der Waals surface area contributed by atoms with E-state index in [2.05, 4.69) is 55.2 Å². The molecule has 0 N–H and O–H groups in total. The zero-order valence-electron chi connectivity index (χ0n) is 18.3. The predicted molar refractivity (Wildman–Crippen MR) is 130 cm³/mol. The van der Waals surface area contributed by atoms with Crippen LogP contribution in [0.2, 0.25) is 5.02 Å². The minimum atomic E-state index is -0.390. The van der Waals surface area contributed by atoms with E-state index >= 15 is 0 Å². The van der Waals surface area contributed by atoms with Crippen molar-refractivity contribution in [3.8, 4) is 11.8 Å². The second-order valence-corrected chi connectivity index (χ2v) is 8.49. The Kier molecular flexibility index (Phi) is 9.19. The summed E-state index contributed by atoms with van der Waals surface area (Å²) in [4.78, 5) is 0. The summed E-state index contributed by atoms with van der Waals surface area (Å²) in [5, 5.41) is 0.379. The van der Waals surface area contributed by atoms with Crippen molar-refractivity contribution in [2.24, 2.45) is 0 Å². The summed E-state index contributed by atoms with van der Waals surface area (Å²) in [6, 6.07) is 21.8. The topological polar surface area (TPSA) is 0 Å². The third-order valence-electron chi connectivity index (χ3n) is 5.52. The van der Waals surface area contributed by atoms with Gasteiger partial charge >= 0.3 is 0 Å². The summed E-state index contributed by atoms with van der Waals surface area (Å²) in [6.45, 7) is 2.26. The molecule has 0 amide bonds. The highest BCUT2D eigenvalue weighted by molar-refractivity contribution is 6.30. The molecule has 0 aliphatic carbocycles. The summed E-state index contributed by atoms with van der Waals surface area (Å²) in [6.07, 6.45) is 9.85. The summed E-state index contributed by atoms with van der Waals surface area (Å²) >= 11 is 5.78. The van der Waals surface area contributed by atoms with Crippen LogP contribution in [0.25, 0.3) is 0 Å². The molecule has 0 aliphatic rings. The van der Waals surface area contributed by atoms with Gasteiger partial charge in [-0.05, 0) is 72.7 Å². The minimum Gasteiger partial charge on any atom is -0.206 e. The standard InChI is InChI=1S/C29H30ClF/c1-2-3-4-5-6-7-23-8-10-24(11-9-23)12-13-25-14-16-26(17-15-25)18-19-27-20-21-28(30)22-29(27)31/h8-11,14-17,20-22H,2-7,12-13H2,1H3. The van der Waals surface area contributed by atoms with Gasteiger partial charge < -0.3 is 0 Å². The van der Waals surface area contributed by atoms with E-state index in [1.165, 1.54) is 61.3 Å². The summed E-state index contributed by atoms with van der Waals surface area (Å²) in [5.41, 5.74) is 5.33. The second kappa shape index (κ2) is 12.3. The van der Waals surface area contributed by atoms with Crippen molar-refractivity contribution in [2.45, 2.75) is 58.3 Å². The molecule has 0 atom stereocenters. The number of aryl methyl sites for hydroxylation is 3. The average molecular weight is 433 g/mol. The van der Waals surface area contributed by atoms with Crippen molar-refractivity contribution in [2.75, 3.05) is 0 Å². The summed E-state index contributed by atoms with van der Waals surface area (Å²) in [7, 11) is 0. The Morgan fingerprint density at radius 1 is 0.677 bits per heavy atom. The molecule has 31 heavy (non-hydrogen) atoms. The third kappa shape index (κ3) is 7.89. The molecule has 3 aromatic carbocycles. The largest absolute Gasteiger partial charge is 0.206 e. The lowest BCUT2D eigenvalue weighted by atomic mass is 10.0. The van der Waals surface area contributed by atoms with Crippen molar-refractivity contribution in [3.05, 3.63) is 105 Å². The van der Waals surface area contributed by atoms with E-state index in [-0.39, 0.29) is 5.82 Å². The Labute approximate surface area is 191 Å². The Bertz CT molecular complexity index is 1010. The van der Waals surface area contributed by atoms with Gasteiger partial charge in [0.2, 0.25) is 0 Å². The van der Waals surface area contributed by atoms with Crippen LogP contribution in [0.4, 0.5) is 4.39 Å². The van der Waals surface area contributed by atoms with Gasteiger partial charge in [-0.25, -0.2) is 4.39 Å². The van der Waals surface area contributed by atoms with Gasteiger partial charge in [-0.1, -0.05) is 92.4 Å². The van der Waals surface area contributed by atoms with Crippen molar-refractivity contribution in [3.63, 3.8) is 0 Å². The number of rotatable bonds is 9. The van der Waals surface area contributed by atoms with Gasteiger partial charge in [0.15, 0.2) is 0 Å². The molecule has 0 bridgehead atoms. The molecule has 0 saturated carbocycles. The Morgan fingerprint density at radius 2 is 1.26 bits per heavy atom. The highest BCUT2D eigenvalue weighted by Crippen LogP contribution is 2.15. The maximum atomic E-state index is 13.8. The van der Waals surface area contributed by atoms with Crippen LogP contribution in [-0.2, 0) is 19.3 Å². The smallest absolute Gasteiger partial charge is 0.140 e. The number of hydrogen-bond donors (Lipinski definition) is 0. The molecule has 160 valence electrons. The fourth-order valence-corrected chi connectivity index (χ4v) is 3.74. The number of unbranched alkanes of at least 4 members (excludes halogenated alkanes) is 4. The highest BCUT2D eigenvalue weighted by Gasteiger charge is 2.00. The van der Waals surface area contributed by atoms with E-state index in [1.54, 1.807) is 12.1 Å². The van der Waals surface area contributed by atoms with E-state index in [0.29, 0.717) is 10.6 Å². The van der Waals surface area contributed by atoms with Crippen LogP contribution in [0.3, 0.4) is 0 Å². The van der Waals surface area contributed by atoms with Gasteiger partial charge in [0.1, 0.15) is 5.82 Å². The third-order valence-corrected chi connectivity index (χ3v) is 5.76. The van der Waals surface area contributed by atoms with Gasteiger partial charge in [-0.15, -0.1) is 0 Å². The zero-order valence-corrected chi connectivity index (χ0v) is 19.0. The summed E-state index contributed by atoms with van der Waals surface area (Å²) < 4.78 is 13.8. The molecule has 0 unspecified atom stereocenters. The molecule has 0 fully saturated rings. The minimum absolute atomic E-state index is 0.359. The van der Waals surface area contributed by atoms with Crippen molar-refractivity contribution >= 4 is 11.6 Å². The highest BCUT2D eigenvalue weighted by atomic mass is 35.5. The van der Waals surface area contributed by atoms with E-state index in [4.69, 9.17) is 11.6 Å². The van der Waals surface area contributed by atoms with Gasteiger partial charge in [0.05, 0.1) is 5.56 Å². The fraction of sp³-hybridized carbons (Fsp3) is 0.310. The lowest BCUT2D eigenvalue weighted by molar-refractivity contribution is 0.624. The van der Waals surface area contributed by atoms with E-state index < -0.39 is 0 Å². The number of halogens is 2. The first-order valence-electron chi connectivity index (χ1n) is 11.3. The molecule has 3 aromatic rings. The molecule has 0 radical (unpaired) electrons. The molecule has 0 aromatic heterocycles. The number of benzene rings is 3. The van der Waals surface area contributed by atoms with Crippen LogP contribution in [0.15, 0.2) is 66.7 Å². The zero-order chi connectivity index (χ0) is 21.9. The summed E-state index contributed by atoms with van der Waals surface area (Å²) in [5.74, 6) is 5.51. The molecule has 0 nitrogen and oxygen atoms in total. The van der Waals surface area contributed by atoms with Crippen LogP contribution < -0.4 is 0 Å². The monoisotopic (exact) mass is 432 g/mol. The molecular formula is C29H30ClF. The first kappa shape index (κ1) is 23.1. The van der Waals surface area contributed by atoms with Crippen molar-refractivity contribution in [1.82, 2.24) is 0 Å². The number of hydrogen-bond acceptors (Lipinski definition) is 0. The SMILES string of the molecule is CCCCCCCc1ccc(CCc2ccc(C#Cc3ccc(Cl)cc3F)cc2)cc1. The van der Waals surface area contributed by atoms with Crippen molar-refractivity contribution in [1.29, 1.82) is 0 Å². The van der Waals surface area contributed by atoms with Gasteiger partial charge in [-0.2, -0.15) is 0 Å². The fourth-order valence-electron chi connectivity index (χ4n) is 3.58. The molecule has 2 heteroatoms. The normalized spacial score (nSPS) is 10.5. The van der Waals surface area contributed by atoms with Crippen LogP contribution >= 0.6 is 11.6 Å². The van der Waals surface area contributed by atoms with Gasteiger partial charge in [0, 0.05) is 10.6 Å². The van der Waals surface area contributed by atoms with Crippen LogP contribution in [0.5, 0.6) is 0 Å². The molecule has 0 saturated heterocycles. The van der Waals surface area contributed by atoms with Crippen LogP contribution in [0, 0.1) is 17.7 Å². The Hall–Kier alpha value is -2.56. The quantitative estimate of drug-likeness (QED) is 0.236.